The van der Waals surface area contributed by atoms with Crippen LogP contribution < -0.4 is 15.9 Å². The Morgan fingerprint density at radius 2 is 1.68 bits per heavy atom. The number of aromatic nitrogens is 4. The maximum atomic E-state index is 14.3. The molecule has 44 heavy (non-hydrogen) atoms. The summed E-state index contributed by atoms with van der Waals surface area (Å²) in [7, 11) is -4.32. The first kappa shape index (κ1) is 35.5. The number of imidazole rings is 1. The average Bonchev–Trinajstić information content (AvgIpc) is 3.46. The zero-order valence-corrected chi connectivity index (χ0v) is 27.8. The van der Waals surface area contributed by atoms with Crippen molar-refractivity contribution in [2.45, 2.75) is 77.4 Å². The number of rotatable bonds is 15. The number of nitrogens with two attached hydrogens (primary N) is 1. The van der Waals surface area contributed by atoms with Gasteiger partial charge in [-0.2, -0.15) is 4.98 Å². The van der Waals surface area contributed by atoms with Crippen LogP contribution in [0.4, 0.5) is 5.95 Å². The summed E-state index contributed by atoms with van der Waals surface area (Å²) in [6, 6.07) is -2.20. The second-order valence-corrected chi connectivity index (χ2v) is 13.5. The smallest absolute Gasteiger partial charge is 0.342 e. The summed E-state index contributed by atoms with van der Waals surface area (Å²) in [5.41, 5.74) is 4.53. The Kier molecular flexibility index (Phi) is 11.7. The van der Waals surface area contributed by atoms with Crippen molar-refractivity contribution in [3.8, 4) is 0 Å². The molecule has 0 aliphatic carbocycles. The van der Waals surface area contributed by atoms with Crippen LogP contribution in [0.3, 0.4) is 0 Å². The van der Waals surface area contributed by atoms with Gasteiger partial charge < -0.3 is 30.2 Å². The maximum absolute atomic E-state index is 14.3. The molecule has 0 fully saturated rings. The van der Waals surface area contributed by atoms with Crippen molar-refractivity contribution in [2.24, 2.45) is 11.8 Å². The van der Waals surface area contributed by atoms with E-state index in [9.17, 15) is 24.4 Å². The SMILES string of the molecule is CCOC(=O)[C@@H](NP(=O)(N[C@H](C(=O)OCC)C(C)C)OCC1=C(O)C(C)(O)[C@H](n2cnc3c(SC)nc(N)nc32)O1)C(C)C. The molecule has 0 amide bonds. The zero-order valence-electron chi connectivity index (χ0n) is 26.1. The number of hydrogen-bond donors (Lipinski definition) is 5. The second-order valence-electron chi connectivity index (χ2n) is 10.8. The molecule has 1 unspecified atom stereocenters. The number of carbonyl (C=O) groups excluding carboxylic acids is 2. The lowest BCUT2D eigenvalue weighted by atomic mass is 10.0. The highest BCUT2D eigenvalue weighted by Crippen LogP contribution is 2.46. The van der Waals surface area contributed by atoms with Gasteiger partial charge in [-0.25, -0.2) is 20.1 Å². The van der Waals surface area contributed by atoms with E-state index in [0.29, 0.717) is 10.5 Å². The van der Waals surface area contributed by atoms with Gasteiger partial charge in [-0.3, -0.25) is 23.2 Å². The molecule has 246 valence electrons. The van der Waals surface area contributed by atoms with Gasteiger partial charge in [0.15, 0.2) is 22.8 Å². The van der Waals surface area contributed by atoms with E-state index in [1.165, 1.54) is 29.6 Å². The summed E-state index contributed by atoms with van der Waals surface area (Å²) < 4.78 is 37.8. The number of aliphatic hydroxyl groups excluding tert-OH is 1. The first-order valence-electron chi connectivity index (χ1n) is 14.1. The number of thioether (sulfide) groups is 1. The van der Waals surface area contributed by atoms with Crippen molar-refractivity contribution < 1.29 is 43.1 Å². The van der Waals surface area contributed by atoms with E-state index >= 15 is 0 Å². The van der Waals surface area contributed by atoms with E-state index in [2.05, 4.69) is 25.1 Å². The molecule has 0 bridgehead atoms. The van der Waals surface area contributed by atoms with Gasteiger partial charge in [-0.1, -0.05) is 27.7 Å². The number of nitrogen functional groups attached to an aromatic ring is 1. The van der Waals surface area contributed by atoms with Gasteiger partial charge >= 0.3 is 19.6 Å². The third-order valence-corrected chi connectivity index (χ3v) is 9.14. The highest BCUT2D eigenvalue weighted by Gasteiger charge is 2.49. The highest BCUT2D eigenvalue weighted by atomic mass is 32.2. The van der Waals surface area contributed by atoms with Crippen LogP contribution in [0.2, 0.25) is 0 Å². The lowest BCUT2D eigenvalue weighted by Gasteiger charge is -2.31. The van der Waals surface area contributed by atoms with Crippen LogP contribution >= 0.6 is 19.4 Å². The minimum atomic E-state index is -4.32. The van der Waals surface area contributed by atoms with Crippen molar-refractivity contribution in [3.63, 3.8) is 0 Å². The molecule has 3 rings (SSSR count). The van der Waals surface area contributed by atoms with Crippen LogP contribution in [-0.2, 0) is 32.9 Å². The largest absolute Gasteiger partial charge is 0.506 e. The Labute approximate surface area is 260 Å². The second kappa shape index (κ2) is 14.4. The maximum Gasteiger partial charge on any atom is 0.342 e. The number of hydrogen-bond acceptors (Lipinski definition) is 14. The summed E-state index contributed by atoms with van der Waals surface area (Å²) in [6.45, 7) is 11.0. The molecule has 0 radical (unpaired) electrons. The molecule has 0 saturated heterocycles. The van der Waals surface area contributed by atoms with Gasteiger partial charge in [-0.05, 0) is 38.9 Å². The number of anilines is 1. The van der Waals surface area contributed by atoms with Crippen molar-refractivity contribution in [2.75, 3.05) is 31.8 Å². The van der Waals surface area contributed by atoms with E-state index in [1.807, 2.05) is 0 Å². The Morgan fingerprint density at radius 1 is 1.14 bits per heavy atom. The predicted molar refractivity (Wildman–Crippen MR) is 162 cm³/mol. The standard InChI is InChI=1S/C26H42N7O9PS/c1-9-39-22(35)16(13(3)4)31-43(38,32-17(14(5)6)23(36)40-10-2)41-11-15-19(34)26(7,37)24(42-15)33-12-28-18-20(33)29-25(27)30-21(18)44-8/h12-14,16-17,24,34,37H,9-11H2,1-8H3,(H2,27,29,30)(H2,31,32,38)/t16-,17-,24+,26?/m0/s1. The van der Waals surface area contributed by atoms with E-state index in [-0.39, 0.29) is 30.6 Å². The van der Waals surface area contributed by atoms with Crippen LogP contribution in [-0.4, -0.2) is 85.4 Å². The molecule has 0 saturated carbocycles. The summed E-state index contributed by atoms with van der Waals surface area (Å²) in [6.07, 6.45) is 1.88. The monoisotopic (exact) mass is 659 g/mol. The molecule has 4 atom stereocenters. The number of esters is 2. The summed E-state index contributed by atoms with van der Waals surface area (Å²) in [4.78, 5) is 38.2. The molecule has 18 heteroatoms. The number of carbonyl (C=O) groups is 2. The Bertz CT molecular complexity index is 1400. The topological polar surface area (TPSA) is 222 Å². The number of nitrogens with one attached hydrogen (secondary N) is 2. The lowest BCUT2D eigenvalue weighted by Crippen LogP contribution is -2.48. The van der Waals surface area contributed by atoms with Crippen LogP contribution in [0.15, 0.2) is 22.9 Å². The van der Waals surface area contributed by atoms with E-state index in [4.69, 9.17) is 24.5 Å². The van der Waals surface area contributed by atoms with E-state index < -0.39 is 67.7 Å². The molecule has 1 aliphatic rings. The minimum Gasteiger partial charge on any atom is -0.506 e. The Balaban J connectivity index is 1.95. The van der Waals surface area contributed by atoms with Crippen LogP contribution in [0.1, 0.15) is 54.7 Å². The molecule has 3 heterocycles. The molecular weight excluding hydrogens is 617 g/mol. The zero-order chi connectivity index (χ0) is 33.0. The Morgan fingerprint density at radius 3 is 2.16 bits per heavy atom. The lowest BCUT2D eigenvalue weighted by molar-refractivity contribution is -0.146. The van der Waals surface area contributed by atoms with Crippen molar-refractivity contribution in [3.05, 3.63) is 17.8 Å². The van der Waals surface area contributed by atoms with Gasteiger partial charge in [0, 0.05) is 0 Å². The van der Waals surface area contributed by atoms with Gasteiger partial charge in [0.25, 0.3) is 0 Å². The van der Waals surface area contributed by atoms with E-state index in [1.54, 1.807) is 47.8 Å². The first-order valence-corrected chi connectivity index (χ1v) is 16.9. The summed E-state index contributed by atoms with van der Waals surface area (Å²) in [5, 5.41) is 28.2. The fourth-order valence-electron chi connectivity index (χ4n) is 4.39. The highest BCUT2D eigenvalue weighted by molar-refractivity contribution is 7.98. The van der Waals surface area contributed by atoms with Crippen molar-refractivity contribution in [1.29, 1.82) is 0 Å². The van der Waals surface area contributed by atoms with Crippen LogP contribution in [0, 0.1) is 11.8 Å². The number of nitrogens with zero attached hydrogens (tertiary/aromatic N) is 4. The van der Waals surface area contributed by atoms with Gasteiger partial charge in [-0.15, -0.1) is 11.8 Å². The van der Waals surface area contributed by atoms with Crippen molar-refractivity contribution in [1.82, 2.24) is 29.7 Å². The fourth-order valence-corrected chi connectivity index (χ4v) is 6.98. The van der Waals surface area contributed by atoms with Crippen LogP contribution in [0.25, 0.3) is 11.2 Å². The van der Waals surface area contributed by atoms with Gasteiger partial charge in [0.1, 0.15) is 35.6 Å². The minimum absolute atomic E-state index is 0.0253. The van der Waals surface area contributed by atoms with E-state index in [0.717, 1.165) is 0 Å². The molecular formula is C26H42N7O9PS. The summed E-state index contributed by atoms with van der Waals surface area (Å²) >= 11 is 1.30. The van der Waals surface area contributed by atoms with Crippen LogP contribution in [0.5, 0.6) is 0 Å². The first-order chi connectivity index (χ1) is 20.6. The third kappa shape index (κ3) is 7.64. The molecule has 1 aliphatic heterocycles. The fraction of sp³-hybridized carbons (Fsp3) is 0.654. The molecule has 0 aromatic carbocycles. The van der Waals surface area contributed by atoms with Gasteiger partial charge in [0.05, 0.1) is 13.2 Å². The predicted octanol–water partition coefficient (Wildman–Crippen LogP) is 2.66. The molecule has 16 nitrogen and oxygen atoms in total. The third-order valence-electron chi connectivity index (χ3n) is 6.74. The average molecular weight is 660 g/mol. The number of aliphatic hydroxyl groups is 2. The van der Waals surface area contributed by atoms with Crippen molar-refractivity contribution >= 4 is 48.5 Å². The molecule has 6 N–H and O–H groups in total. The molecule has 2 aromatic rings. The quantitative estimate of drug-likeness (QED) is 0.0802. The number of fused-ring (bicyclic) bond motifs is 1. The van der Waals surface area contributed by atoms with Gasteiger partial charge in [0.2, 0.25) is 12.2 Å². The Hall–Kier alpha value is -2.95. The number of ether oxygens (including phenoxy) is 3. The molecule has 2 aromatic heterocycles. The molecule has 0 spiro atoms. The normalized spacial score (nSPS) is 20.3. The summed E-state index contributed by atoms with van der Waals surface area (Å²) in [5.74, 6) is -3.03.